The van der Waals surface area contributed by atoms with E-state index < -0.39 is 11.5 Å². The molecule has 2 unspecified atom stereocenters. The first-order valence-corrected chi connectivity index (χ1v) is 4.41. The number of carbonyl (C=O) groups is 1. The van der Waals surface area contributed by atoms with Crippen molar-refractivity contribution < 1.29 is 9.90 Å². The number of nitrogens with two attached hydrogens (primary N) is 3. The minimum absolute atomic E-state index is 0.0897. The third-order valence-corrected chi connectivity index (χ3v) is 2.44. The van der Waals surface area contributed by atoms with Crippen LogP contribution in [0.25, 0.3) is 0 Å². The second kappa shape index (κ2) is 3.61. The molecule has 1 aliphatic rings. The van der Waals surface area contributed by atoms with Gasteiger partial charge in [-0.3, -0.25) is 0 Å². The second-order valence-electron chi connectivity index (χ2n) is 4.08. The van der Waals surface area contributed by atoms with Gasteiger partial charge in [-0.25, -0.2) is 0 Å². The van der Waals surface area contributed by atoms with Gasteiger partial charge in [0.1, 0.15) is 0 Å². The number of aliphatic carboxylic acids is 1. The van der Waals surface area contributed by atoms with Crippen LogP contribution in [0.2, 0.25) is 0 Å². The first-order valence-electron chi connectivity index (χ1n) is 4.41. The summed E-state index contributed by atoms with van der Waals surface area (Å²) in [6.07, 6.45) is 1.57. The molecule has 76 valence electrons. The second-order valence-corrected chi connectivity index (χ2v) is 4.08. The lowest BCUT2D eigenvalue weighted by Crippen LogP contribution is -2.56. The van der Waals surface area contributed by atoms with E-state index in [1.165, 1.54) is 0 Å². The molecule has 0 aromatic rings. The Morgan fingerprint density at radius 1 is 1.38 bits per heavy atom. The monoisotopic (exact) mass is 186 g/mol. The van der Waals surface area contributed by atoms with Gasteiger partial charge < -0.3 is 27.1 Å². The Kier molecular flexibility index (Phi) is 2.90. The molecule has 5 nitrogen and oxygen atoms in total. The van der Waals surface area contributed by atoms with Gasteiger partial charge in [-0.05, 0) is 19.3 Å². The molecule has 0 heterocycles. The summed E-state index contributed by atoms with van der Waals surface area (Å²) < 4.78 is 0. The predicted octanol–water partition coefficient (Wildman–Crippen LogP) is -2.34. The molecular weight excluding hydrogens is 170 g/mol. The number of hydrogen-bond acceptors (Lipinski definition) is 5. The van der Waals surface area contributed by atoms with Gasteiger partial charge in [0.2, 0.25) is 0 Å². The molecule has 0 radical (unpaired) electrons. The fourth-order valence-electron chi connectivity index (χ4n) is 2.11. The lowest BCUT2D eigenvalue weighted by atomic mass is 9.76. The maximum Gasteiger partial charge on any atom is 0.0432 e. The van der Waals surface area contributed by atoms with E-state index in [0.717, 1.165) is 0 Å². The molecule has 2 atom stereocenters. The maximum absolute atomic E-state index is 10.4. The Hall–Kier alpha value is -0.650. The standard InChI is InChI=1S/C8H17N3O2/c9-5-1-6(10)3-8(11,2-5)4-7(12)13/h5-6H,1-4,9-11H2,(H,12,13)/p-1. The molecule has 1 saturated carbocycles. The van der Waals surface area contributed by atoms with Crippen molar-refractivity contribution in [2.75, 3.05) is 0 Å². The van der Waals surface area contributed by atoms with Crippen LogP contribution in [0, 0.1) is 0 Å². The first kappa shape index (κ1) is 10.4. The molecule has 1 aliphatic carbocycles. The number of hydrogen-bond donors (Lipinski definition) is 3. The smallest absolute Gasteiger partial charge is 0.0432 e. The van der Waals surface area contributed by atoms with Crippen molar-refractivity contribution in [2.45, 2.75) is 43.3 Å². The fourth-order valence-corrected chi connectivity index (χ4v) is 2.11. The van der Waals surface area contributed by atoms with E-state index in [4.69, 9.17) is 17.2 Å². The van der Waals surface area contributed by atoms with Crippen molar-refractivity contribution in [3.8, 4) is 0 Å². The number of carboxylic acids is 1. The minimum Gasteiger partial charge on any atom is -0.550 e. The highest BCUT2D eigenvalue weighted by Crippen LogP contribution is 2.27. The molecule has 1 rings (SSSR count). The molecule has 0 aromatic heterocycles. The Morgan fingerprint density at radius 2 is 1.85 bits per heavy atom. The van der Waals surface area contributed by atoms with Crippen molar-refractivity contribution in [3.63, 3.8) is 0 Å². The zero-order valence-electron chi connectivity index (χ0n) is 7.53. The average Bonchev–Trinajstić information content (AvgIpc) is 1.77. The minimum atomic E-state index is -1.14. The quantitative estimate of drug-likeness (QED) is 0.446. The van der Waals surface area contributed by atoms with Crippen LogP contribution >= 0.6 is 0 Å². The molecule has 0 bridgehead atoms. The molecule has 6 N–H and O–H groups in total. The van der Waals surface area contributed by atoms with Crippen LogP contribution < -0.4 is 22.3 Å². The molecule has 0 spiro atoms. The first-order chi connectivity index (χ1) is 5.91. The van der Waals surface area contributed by atoms with Gasteiger partial charge in [-0.15, -0.1) is 0 Å². The molecule has 13 heavy (non-hydrogen) atoms. The normalized spacial score (nSPS) is 40.2. The van der Waals surface area contributed by atoms with Gasteiger partial charge in [0.25, 0.3) is 0 Å². The molecule has 1 fully saturated rings. The molecule has 0 saturated heterocycles. The molecule has 0 aliphatic heterocycles. The zero-order chi connectivity index (χ0) is 10.1. The Morgan fingerprint density at radius 3 is 2.23 bits per heavy atom. The maximum atomic E-state index is 10.4. The van der Waals surface area contributed by atoms with Crippen LogP contribution in [0.4, 0.5) is 0 Å². The number of carboxylic acid groups (broad SMARTS) is 1. The average molecular weight is 186 g/mol. The Labute approximate surface area is 77.3 Å². The van der Waals surface area contributed by atoms with E-state index in [2.05, 4.69) is 0 Å². The van der Waals surface area contributed by atoms with Crippen molar-refractivity contribution in [1.82, 2.24) is 0 Å². The SMILES string of the molecule is NC1CC(N)CC(N)(CC(=O)[O-])C1. The van der Waals surface area contributed by atoms with Crippen LogP contribution in [0.5, 0.6) is 0 Å². The zero-order valence-corrected chi connectivity index (χ0v) is 7.53. The Bertz CT molecular complexity index is 198. The highest BCUT2D eigenvalue weighted by Gasteiger charge is 2.34. The third kappa shape index (κ3) is 2.95. The summed E-state index contributed by atoms with van der Waals surface area (Å²) in [5.74, 6) is -1.14. The summed E-state index contributed by atoms with van der Waals surface area (Å²) in [6.45, 7) is 0. The van der Waals surface area contributed by atoms with E-state index in [-0.39, 0.29) is 18.5 Å². The molecular formula is C8H16N3O2-. The van der Waals surface area contributed by atoms with E-state index in [1.54, 1.807) is 0 Å². The predicted molar refractivity (Wildman–Crippen MR) is 46.3 cm³/mol. The molecule has 5 heteroatoms. The van der Waals surface area contributed by atoms with Gasteiger partial charge in [0.15, 0.2) is 0 Å². The van der Waals surface area contributed by atoms with Crippen LogP contribution in [0.15, 0.2) is 0 Å². The topological polar surface area (TPSA) is 118 Å². The largest absolute Gasteiger partial charge is 0.550 e. The summed E-state index contributed by atoms with van der Waals surface area (Å²) in [4.78, 5) is 10.4. The van der Waals surface area contributed by atoms with Gasteiger partial charge in [-0.2, -0.15) is 0 Å². The Balaban J connectivity index is 2.60. The highest BCUT2D eigenvalue weighted by atomic mass is 16.4. The summed E-state index contributed by atoms with van der Waals surface area (Å²) in [5.41, 5.74) is 16.5. The lowest BCUT2D eigenvalue weighted by molar-refractivity contribution is -0.307. The molecule has 0 amide bonds. The van der Waals surface area contributed by atoms with Gasteiger partial charge in [-0.1, -0.05) is 0 Å². The number of rotatable bonds is 2. The van der Waals surface area contributed by atoms with Crippen LogP contribution in [0.1, 0.15) is 25.7 Å². The summed E-state index contributed by atoms with van der Waals surface area (Å²) in [6, 6.07) is -0.179. The van der Waals surface area contributed by atoms with E-state index in [9.17, 15) is 9.90 Å². The van der Waals surface area contributed by atoms with Crippen LogP contribution in [-0.4, -0.2) is 23.6 Å². The van der Waals surface area contributed by atoms with Crippen molar-refractivity contribution in [2.24, 2.45) is 17.2 Å². The van der Waals surface area contributed by atoms with E-state index >= 15 is 0 Å². The van der Waals surface area contributed by atoms with Crippen molar-refractivity contribution >= 4 is 5.97 Å². The van der Waals surface area contributed by atoms with Crippen LogP contribution in [0.3, 0.4) is 0 Å². The van der Waals surface area contributed by atoms with Crippen molar-refractivity contribution in [1.29, 1.82) is 0 Å². The van der Waals surface area contributed by atoms with Crippen LogP contribution in [-0.2, 0) is 4.79 Å². The van der Waals surface area contributed by atoms with Gasteiger partial charge in [0, 0.05) is 30.0 Å². The summed E-state index contributed by atoms with van der Waals surface area (Å²) in [7, 11) is 0. The number of carbonyl (C=O) groups excluding carboxylic acids is 1. The van der Waals surface area contributed by atoms with E-state index in [0.29, 0.717) is 19.3 Å². The lowest BCUT2D eigenvalue weighted by Gasteiger charge is -2.40. The van der Waals surface area contributed by atoms with Gasteiger partial charge >= 0.3 is 0 Å². The molecule has 0 aromatic carbocycles. The third-order valence-electron chi connectivity index (χ3n) is 2.44. The highest BCUT2D eigenvalue weighted by molar-refractivity contribution is 5.66. The fraction of sp³-hybridized carbons (Fsp3) is 0.875. The van der Waals surface area contributed by atoms with Crippen molar-refractivity contribution in [3.05, 3.63) is 0 Å². The van der Waals surface area contributed by atoms with E-state index in [1.807, 2.05) is 0 Å². The summed E-state index contributed by atoms with van der Waals surface area (Å²) >= 11 is 0. The van der Waals surface area contributed by atoms with Gasteiger partial charge in [0.05, 0.1) is 0 Å². The summed E-state index contributed by atoms with van der Waals surface area (Å²) in [5, 5.41) is 10.4.